The molecule has 8 nitrogen and oxygen atoms in total. The number of carbonyl (C=O) groups is 2. The number of halogens is 2. The van der Waals surface area contributed by atoms with Gasteiger partial charge in [-0.3, -0.25) is 14.5 Å². The van der Waals surface area contributed by atoms with Crippen LogP contribution in [0.2, 0.25) is 5.02 Å². The summed E-state index contributed by atoms with van der Waals surface area (Å²) in [5, 5.41) is 1.96. The third-order valence-electron chi connectivity index (χ3n) is 6.04. The Balaban J connectivity index is 1.30. The Kier molecular flexibility index (Phi) is 8.78. The zero-order chi connectivity index (χ0) is 29.1. The molecule has 0 aromatic heterocycles. The topological polar surface area (TPSA) is 99.2 Å². The van der Waals surface area contributed by atoms with E-state index in [2.05, 4.69) is 0 Å². The van der Waals surface area contributed by atoms with Gasteiger partial charge < -0.3 is 13.7 Å². The second-order valence-corrected chi connectivity index (χ2v) is 12.8. The minimum atomic E-state index is -4.17. The van der Waals surface area contributed by atoms with Gasteiger partial charge in [0.05, 0.1) is 22.1 Å². The molecule has 0 atom stereocenters. The molecule has 0 saturated carbocycles. The molecule has 5 rings (SSSR count). The average Bonchev–Trinajstić information content (AvgIpc) is 3.21. The zero-order valence-corrected chi connectivity index (χ0v) is 25.9. The van der Waals surface area contributed by atoms with E-state index in [1.54, 1.807) is 12.1 Å². The number of amides is 2. The van der Waals surface area contributed by atoms with E-state index >= 15 is 0 Å². The first-order valence-corrected chi connectivity index (χ1v) is 15.8. The molecule has 210 valence electrons. The monoisotopic (exact) mass is 721 g/mol. The predicted molar refractivity (Wildman–Crippen MR) is 167 cm³/mol. The number of nitrogens with zero attached hydrogens (tertiary/aromatic N) is 1. The maximum Gasteiger partial charge on any atom is 0.339 e. The number of benzene rings is 4. The maximum atomic E-state index is 13.1. The first-order valence-electron chi connectivity index (χ1n) is 12.1. The van der Waals surface area contributed by atoms with Gasteiger partial charge in [0.2, 0.25) is 0 Å². The number of imide groups is 1. The van der Waals surface area contributed by atoms with Gasteiger partial charge in [-0.05, 0) is 93.8 Å². The number of ether oxygens (including phenoxy) is 2. The Morgan fingerprint density at radius 2 is 1.71 bits per heavy atom. The van der Waals surface area contributed by atoms with Gasteiger partial charge in [0.15, 0.2) is 11.5 Å². The number of rotatable bonds is 9. The van der Waals surface area contributed by atoms with Gasteiger partial charge in [-0.15, -0.1) is 0 Å². The highest BCUT2D eigenvalue weighted by atomic mass is 127. The normalized spacial score (nSPS) is 14.6. The fourth-order valence-corrected chi connectivity index (χ4v) is 6.91. The van der Waals surface area contributed by atoms with E-state index < -0.39 is 21.3 Å². The van der Waals surface area contributed by atoms with Crippen LogP contribution in [0.15, 0.2) is 88.7 Å². The molecule has 0 N–H and O–H groups in total. The average molecular weight is 722 g/mol. The lowest BCUT2D eigenvalue weighted by molar-refractivity contribution is -0.123. The Labute approximate surface area is 259 Å². The Morgan fingerprint density at radius 1 is 0.976 bits per heavy atom. The number of methoxy groups -OCH3 is 1. The second kappa shape index (κ2) is 12.3. The van der Waals surface area contributed by atoms with Crippen molar-refractivity contribution in [2.75, 3.05) is 20.3 Å². The number of hydrogen-bond acceptors (Lipinski definition) is 8. The lowest BCUT2D eigenvalue weighted by Gasteiger charge is -2.14. The molecule has 0 spiro atoms. The molecule has 2 amide bonds. The van der Waals surface area contributed by atoms with Crippen molar-refractivity contribution < 1.29 is 31.7 Å². The van der Waals surface area contributed by atoms with Gasteiger partial charge in [0.1, 0.15) is 17.3 Å². The first kappa shape index (κ1) is 29.2. The lowest BCUT2D eigenvalue weighted by Crippen LogP contribution is -2.32. The summed E-state index contributed by atoms with van der Waals surface area (Å²) < 4.78 is 42.8. The van der Waals surface area contributed by atoms with Crippen LogP contribution in [0, 0.1) is 3.57 Å². The van der Waals surface area contributed by atoms with Gasteiger partial charge in [-0.2, -0.15) is 8.42 Å². The van der Waals surface area contributed by atoms with E-state index in [0.29, 0.717) is 19.9 Å². The SMILES string of the molecule is COc1cc(/C=C2\SC(=O)N(CCOc3cccc4ccccc34)C2=O)cc(I)c1OS(=O)(=O)c1ccc(Cl)cc1. The van der Waals surface area contributed by atoms with Crippen LogP contribution in [0.4, 0.5) is 4.79 Å². The van der Waals surface area contributed by atoms with Crippen molar-refractivity contribution in [3.8, 4) is 17.2 Å². The number of hydrogen-bond donors (Lipinski definition) is 0. The molecular weight excluding hydrogens is 701 g/mol. The highest BCUT2D eigenvalue weighted by Gasteiger charge is 2.35. The molecule has 1 aliphatic heterocycles. The van der Waals surface area contributed by atoms with E-state index in [1.807, 2.05) is 65.1 Å². The van der Waals surface area contributed by atoms with Crippen LogP contribution in [0.3, 0.4) is 0 Å². The molecule has 1 heterocycles. The largest absolute Gasteiger partial charge is 0.493 e. The predicted octanol–water partition coefficient (Wildman–Crippen LogP) is 6.99. The minimum Gasteiger partial charge on any atom is -0.493 e. The van der Waals surface area contributed by atoms with Crippen LogP contribution in [0.1, 0.15) is 5.56 Å². The summed E-state index contributed by atoms with van der Waals surface area (Å²) in [6.07, 6.45) is 1.55. The van der Waals surface area contributed by atoms with Crippen molar-refractivity contribution in [2.24, 2.45) is 0 Å². The molecular formula is C29H21ClINO7S2. The van der Waals surface area contributed by atoms with Gasteiger partial charge in [0, 0.05) is 10.4 Å². The van der Waals surface area contributed by atoms with Crippen LogP contribution < -0.4 is 13.7 Å². The van der Waals surface area contributed by atoms with E-state index in [4.69, 9.17) is 25.3 Å². The lowest BCUT2D eigenvalue weighted by atomic mass is 10.1. The molecule has 4 aromatic rings. The molecule has 1 fully saturated rings. The van der Waals surface area contributed by atoms with Crippen LogP contribution >= 0.6 is 46.0 Å². The quantitative estimate of drug-likeness (QED) is 0.104. The summed E-state index contributed by atoms with van der Waals surface area (Å²) in [6.45, 7) is 0.223. The molecule has 1 saturated heterocycles. The minimum absolute atomic E-state index is 0.00103. The summed E-state index contributed by atoms with van der Waals surface area (Å²) >= 11 is 8.60. The van der Waals surface area contributed by atoms with Crippen molar-refractivity contribution in [3.63, 3.8) is 0 Å². The Bertz CT molecular complexity index is 1790. The molecule has 1 aliphatic rings. The molecule has 0 aliphatic carbocycles. The molecule has 4 aromatic carbocycles. The van der Waals surface area contributed by atoms with Crippen molar-refractivity contribution in [1.29, 1.82) is 0 Å². The van der Waals surface area contributed by atoms with Crippen molar-refractivity contribution >= 4 is 84.1 Å². The molecule has 0 radical (unpaired) electrons. The standard InChI is InChI=1S/C29H21ClINO7S2/c1-37-25-16-18(15-23(31)27(25)39-41(35,36)21-11-9-20(30)10-12-21)17-26-28(33)32(29(34)40-26)13-14-38-24-8-4-6-19-5-2-3-7-22(19)24/h2-12,15-17H,13-14H2,1H3/b26-17-. The summed E-state index contributed by atoms with van der Waals surface area (Å²) in [7, 11) is -2.79. The zero-order valence-electron chi connectivity index (χ0n) is 21.4. The fraction of sp³-hybridized carbons (Fsp3) is 0.103. The molecule has 0 unspecified atom stereocenters. The van der Waals surface area contributed by atoms with E-state index in [9.17, 15) is 18.0 Å². The van der Waals surface area contributed by atoms with Crippen LogP contribution in [-0.2, 0) is 14.9 Å². The Morgan fingerprint density at radius 3 is 2.46 bits per heavy atom. The highest BCUT2D eigenvalue weighted by Crippen LogP contribution is 2.38. The number of thioether (sulfide) groups is 1. The second-order valence-electron chi connectivity index (χ2n) is 8.68. The van der Waals surface area contributed by atoms with Crippen molar-refractivity contribution in [1.82, 2.24) is 4.90 Å². The summed E-state index contributed by atoms with van der Waals surface area (Å²) in [5.74, 6) is 0.371. The van der Waals surface area contributed by atoms with E-state index in [0.717, 1.165) is 27.4 Å². The molecule has 0 bridgehead atoms. The third-order valence-corrected chi connectivity index (χ3v) is 9.24. The van der Waals surface area contributed by atoms with E-state index in [-0.39, 0.29) is 34.5 Å². The number of fused-ring (bicyclic) bond motifs is 1. The Hall–Kier alpha value is -3.26. The van der Waals surface area contributed by atoms with Gasteiger partial charge in [0.25, 0.3) is 11.1 Å². The highest BCUT2D eigenvalue weighted by molar-refractivity contribution is 14.1. The van der Waals surface area contributed by atoms with Gasteiger partial charge in [-0.1, -0.05) is 48.0 Å². The van der Waals surface area contributed by atoms with Crippen LogP contribution in [0.25, 0.3) is 16.8 Å². The van der Waals surface area contributed by atoms with Crippen molar-refractivity contribution in [3.05, 3.63) is 97.9 Å². The fourth-order valence-electron chi connectivity index (χ4n) is 4.08. The van der Waals surface area contributed by atoms with Crippen LogP contribution in [0.5, 0.6) is 17.2 Å². The number of carbonyl (C=O) groups excluding carboxylic acids is 2. The smallest absolute Gasteiger partial charge is 0.339 e. The van der Waals surface area contributed by atoms with Gasteiger partial charge >= 0.3 is 10.1 Å². The molecule has 41 heavy (non-hydrogen) atoms. The third kappa shape index (κ3) is 6.48. The van der Waals surface area contributed by atoms with Crippen molar-refractivity contribution in [2.45, 2.75) is 4.90 Å². The van der Waals surface area contributed by atoms with E-state index in [1.165, 1.54) is 37.4 Å². The summed E-state index contributed by atoms with van der Waals surface area (Å²) in [5.41, 5.74) is 0.528. The van der Waals surface area contributed by atoms with Crippen LogP contribution in [-0.4, -0.2) is 44.7 Å². The molecule has 12 heteroatoms. The first-order chi connectivity index (χ1) is 19.7. The summed E-state index contributed by atoms with van der Waals surface area (Å²) in [4.78, 5) is 27.0. The van der Waals surface area contributed by atoms with Gasteiger partial charge in [-0.25, -0.2) is 0 Å². The summed E-state index contributed by atoms with van der Waals surface area (Å²) in [6, 6.07) is 22.3. The maximum absolute atomic E-state index is 13.1.